The van der Waals surface area contributed by atoms with E-state index < -0.39 is 17.9 Å². The number of morpholine rings is 1. The maximum atomic E-state index is 12.1. The number of amides is 2. The standard InChI is InChI=1S/C18H23N3O5/c22-8-5-21-17(24)11-15(18(21)25)19-14-3-1-13(2-4-14)16(23)12-20-6-9-26-10-7-20/h1-4,11,16,19,22-23H,5-10,12H2. The van der Waals surface area contributed by atoms with E-state index >= 15 is 0 Å². The Morgan fingerprint density at radius 1 is 1.15 bits per heavy atom. The smallest absolute Gasteiger partial charge is 0.277 e. The van der Waals surface area contributed by atoms with Crippen LogP contribution in [0.4, 0.5) is 5.69 Å². The molecule has 1 aromatic carbocycles. The van der Waals surface area contributed by atoms with Crippen molar-refractivity contribution in [1.82, 2.24) is 9.80 Å². The Bertz CT molecular complexity index is 683. The minimum Gasteiger partial charge on any atom is -0.395 e. The number of carbonyl (C=O) groups is 2. The number of nitrogens with zero attached hydrogens (tertiary/aromatic N) is 2. The lowest BCUT2D eigenvalue weighted by molar-refractivity contribution is -0.137. The van der Waals surface area contributed by atoms with Crippen molar-refractivity contribution in [2.24, 2.45) is 0 Å². The average molecular weight is 361 g/mol. The second kappa shape index (κ2) is 8.41. The Morgan fingerprint density at radius 2 is 1.85 bits per heavy atom. The number of nitrogens with one attached hydrogen (secondary N) is 1. The molecule has 0 spiro atoms. The van der Waals surface area contributed by atoms with Crippen molar-refractivity contribution in [3.8, 4) is 0 Å². The molecular formula is C18H23N3O5. The average Bonchev–Trinajstić information content (AvgIpc) is 2.91. The molecule has 1 atom stereocenters. The minimum atomic E-state index is -0.601. The van der Waals surface area contributed by atoms with E-state index in [4.69, 9.17) is 9.84 Å². The van der Waals surface area contributed by atoms with Gasteiger partial charge in [-0.15, -0.1) is 0 Å². The van der Waals surface area contributed by atoms with Crippen molar-refractivity contribution >= 4 is 17.5 Å². The zero-order chi connectivity index (χ0) is 18.5. The van der Waals surface area contributed by atoms with Crippen LogP contribution in [0.1, 0.15) is 11.7 Å². The first-order valence-corrected chi connectivity index (χ1v) is 8.62. The predicted octanol–water partition coefficient (Wildman–Crippen LogP) is -0.291. The van der Waals surface area contributed by atoms with Gasteiger partial charge in [-0.2, -0.15) is 0 Å². The summed E-state index contributed by atoms with van der Waals surface area (Å²) in [6, 6.07) is 7.10. The Kier molecular flexibility index (Phi) is 6.00. The van der Waals surface area contributed by atoms with Gasteiger partial charge in [-0.05, 0) is 17.7 Å². The number of benzene rings is 1. The Labute approximate surface area is 151 Å². The summed E-state index contributed by atoms with van der Waals surface area (Å²) in [6.07, 6.45) is 0.621. The van der Waals surface area contributed by atoms with Crippen molar-refractivity contribution in [3.63, 3.8) is 0 Å². The largest absolute Gasteiger partial charge is 0.395 e. The Hall–Kier alpha value is -2.26. The number of β-amino-alcohol motifs (C(OH)–C–C–N with tert-alkyl or cyclic N) is 2. The van der Waals surface area contributed by atoms with Gasteiger partial charge in [0.25, 0.3) is 11.8 Å². The zero-order valence-corrected chi connectivity index (χ0v) is 14.4. The summed E-state index contributed by atoms with van der Waals surface area (Å²) < 4.78 is 5.30. The summed E-state index contributed by atoms with van der Waals surface area (Å²) in [5.74, 6) is -0.899. The fourth-order valence-electron chi connectivity index (χ4n) is 2.99. The summed E-state index contributed by atoms with van der Waals surface area (Å²) in [5.41, 5.74) is 1.60. The van der Waals surface area contributed by atoms with Gasteiger partial charge in [0.2, 0.25) is 0 Å². The van der Waals surface area contributed by atoms with Crippen LogP contribution in [0.25, 0.3) is 0 Å². The third-order valence-corrected chi connectivity index (χ3v) is 4.44. The number of anilines is 1. The van der Waals surface area contributed by atoms with Crippen molar-refractivity contribution in [2.45, 2.75) is 6.10 Å². The second-order valence-corrected chi connectivity index (χ2v) is 6.25. The first-order chi connectivity index (χ1) is 12.6. The van der Waals surface area contributed by atoms with Crippen LogP contribution in [0.5, 0.6) is 0 Å². The van der Waals surface area contributed by atoms with Gasteiger partial charge in [-0.1, -0.05) is 12.1 Å². The van der Waals surface area contributed by atoms with Crippen LogP contribution in [0.3, 0.4) is 0 Å². The van der Waals surface area contributed by atoms with Gasteiger partial charge in [0, 0.05) is 31.4 Å². The van der Waals surface area contributed by atoms with Gasteiger partial charge in [0.1, 0.15) is 5.70 Å². The molecule has 2 aliphatic heterocycles. The van der Waals surface area contributed by atoms with E-state index in [1.807, 2.05) is 0 Å². The maximum absolute atomic E-state index is 12.1. The molecule has 3 N–H and O–H groups in total. The lowest BCUT2D eigenvalue weighted by atomic mass is 10.1. The Morgan fingerprint density at radius 3 is 2.50 bits per heavy atom. The van der Waals surface area contributed by atoms with Crippen LogP contribution < -0.4 is 5.32 Å². The fourth-order valence-corrected chi connectivity index (χ4v) is 2.99. The molecule has 0 radical (unpaired) electrons. The molecule has 0 aromatic heterocycles. The number of rotatable bonds is 7. The number of hydrogen-bond donors (Lipinski definition) is 3. The van der Waals surface area contributed by atoms with Crippen LogP contribution in [-0.2, 0) is 14.3 Å². The van der Waals surface area contributed by atoms with Crippen LogP contribution in [-0.4, -0.2) is 77.8 Å². The molecule has 1 aromatic rings. The van der Waals surface area contributed by atoms with Gasteiger partial charge in [0.15, 0.2) is 0 Å². The second-order valence-electron chi connectivity index (χ2n) is 6.25. The zero-order valence-electron chi connectivity index (χ0n) is 14.4. The van der Waals surface area contributed by atoms with E-state index in [1.54, 1.807) is 24.3 Å². The van der Waals surface area contributed by atoms with E-state index in [1.165, 1.54) is 6.08 Å². The number of aliphatic hydroxyl groups is 2. The molecule has 140 valence electrons. The quantitative estimate of drug-likeness (QED) is 0.574. The normalized spacial score (nSPS) is 19.6. The molecule has 8 heteroatoms. The molecule has 1 unspecified atom stereocenters. The van der Waals surface area contributed by atoms with Crippen molar-refractivity contribution in [3.05, 3.63) is 41.6 Å². The van der Waals surface area contributed by atoms with E-state index in [0.717, 1.165) is 23.6 Å². The Balaban J connectivity index is 1.58. The maximum Gasteiger partial charge on any atom is 0.277 e. The highest BCUT2D eigenvalue weighted by molar-refractivity contribution is 6.17. The molecule has 2 aliphatic rings. The first kappa shape index (κ1) is 18.5. The molecule has 0 saturated carbocycles. The number of imide groups is 1. The third kappa shape index (κ3) is 4.28. The summed E-state index contributed by atoms with van der Waals surface area (Å²) in [4.78, 5) is 27.0. The number of carbonyl (C=O) groups excluding carboxylic acids is 2. The number of ether oxygens (including phenoxy) is 1. The van der Waals surface area contributed by atoms with Gasteiger partial charge >= 0.3 is 0 Å². The summed E-state index contributed by atoms with van der Waals surface area (Å²) in [6.45, 7) is 3.25. The fraction of sp³-hybridized carbons (Fsp3) is 0.444. The molecule has 2 amide bonds. The monoisotopic (exact) mass is 361 g/mol. The molecule has 3 rings (SSSR count). The molecule has 1 fully saturated rings. The summed E-state index contributed by atoms with van der Waals surface area (Å²) >= 11 is 0. The van der Waals surface area contributed by atoms with Gasteiger partial charge < -0.3 is 20.3 Å². The highest BCUT2D eigenvalue weighted by Crippen LogP contribution is 2.21. The van der Waals surface area contributed by atoms with Gasteiger partial charge in [-0.3, -0.25) is 19.4 Å². The van der Waals surface area contributed by atoms with E-state index in [-0.39, 0.29) is 18.8 Å². The number of aliphatic hydroxyl groups excluding tert-OH is 2. The van der Waals surface area contributed by atoms with Gasteiger partial charge in [0.05, 0.1) is 32.5 Å². The molecular weight excluding hydrogens is 338 g/mol. The van der Waals surface area contributed by atoms with Crippen molar-refractivity contribution in [2.75, 3.05) is 51.3 Å². The topological polar surface area (TPSA) is 102 Å². The number of hydrogen-bond acceptors (Lipinski definition) is 7. The van der Waals surface area contributed by atoms with E-state index in [2.05, 4.69) is 10.2 Å². The summed E-state index contributed by atoms with van der Waals surface area (Å²) in [7, 11) is 0. The lowest BCUT2D eigenvalue weighted by Gasteiger charge is -2.28. The predicted molar refractivity (Wildman–Crippen MR) is 94.2 cm³/mol. The molecule has 8 nitrogen and oxygen atoms in total. The van der Waals surface area contributed by atoms with Crippen molar-refractivity contribution in [1.29, 1.82) is 0 Å². The SMILES string of the molecule is O=C1C=C(Nc2ccc(C(O)CN3CCOCC3)cc2)C(=O)N1CCO. The van der Waals surface area contributed by atoms with Gasteiger partial charge in [-0.25, -0.2) is 0 Å². The first-order valence-electron chi connectivity index (χ1n) is 8.62. The molecule has 2 heterocycles. The van der Waals surface area contributed by atoms with Crippen LogP contribution in [0, 0.1) is 0 Å². The molecule has 0 bridgehead atoms. The molecule has 26 heavy (non-hydrogen) atoms. The van der Waals surface area contributed by atoms with Crippen LogP contribution in [0.15, 0.2) is 36.0 Å². The lowest BCUT2D eigenvalue weighted by Crippen LogP contribution is -2.38. The van der Waals surface area contributed by atoms with Crippen LogP contribution in [0.2, 0.25) is 0 Å². The summed E-state index contributed by atoms with van der Waals surface area (Å²) in [5, 5.41) is 22.2. The molecule has 1 saturated heterocycles. The van der Waals surface area contributed by atoms with Crippen molar-refractivity contribution < 1.29 is 24.5 Å². The van der Waals surface area contributed by atoms with E-state index in [9.17, 15) is 14.7 Å². The highest BCUT2D eigenvalue weighted by Gasteiger charge is 2.30. The third-order valence-electron chi connectivity index (χ3n) is 4.44. The van der Waals surface area contributed by atoms with Crippen LogP contribution >= 0.6 is 0 Å². The highest BCUT2D eigenvalue weighted by atomic mass is 16.5. The minimum absolute atomic E-state index is 0.0218. The van der Waals surface area contributed by atoms with E-state index in [0.29, 0.717) is 25.4 Å². The molecule has 0 aliphatic carbocycles.